The summed E-state index contributed by atoms with van der Waals surface area (Å²) in [6.45, 7) is 10.1. The van der Waals surface area contributed by atoms with E-state index in [0.29, 0.717) is 0 Å². The molecule has 4 aliphatic rings. The summed E-state index contributed by atoms with van der Waals surface area (Å²) in [5, 5.41) is 76.4. The number of hydrogen-bond acceptors (Lipinski definition) is 15. The highest BCUT2D eigenvalue weighted by Gasteiger charge is 2.79. The molecule has 1 aromatic heterocycles. The highest BCUT2D eigenvalue weighted by Crippen LogP contribution is 2.65. The van der Waals surface area contributed by atoms with E-state index in [1.54, 1.807) is 32.0 Å². The van der Waals surface area contributed by atoms with Crippen LogP contribution in [0.5, 0.6) is 0 Å². The van der Waals surface area contributed by atoms with Crippen LogP contribution < -0.4 is 5.32 Å². The number of ether oxygens (including phenoxy) is 4. The van der Waals surface area contributed by atoms with Gasteiger partial charge in [-0.2, -0.15) is 0 Å². The van der Waals surface area contributed by atoms with Crippen LogP contribution in [0, 0.1) is 22.7 Å². The van der Waals surface area contributed by atoms with Gasteiger partial charge < -0.3 is 59.3 Å². The third-order valence-electron chi connectivity index (χ3n) is 12.9. The van der Waals surface area contributed by atoms with Gasteiger partial charge in [-0.25, -0.2) is 9.59 Å². The minimum absolute atomic E-state index is 0.00987. The van der Waals surface area contributed by atoms with Gasteiger partial charge in [0, 0.05) is 24.2 Å². The molecule has 1 aliphatic heterocycles. The summed E-state index contributed by atoms with van der Waals surface area (Å²) >= 11 is 0. The van der Waals surface area contributed by atoms with Crippen molar-refractivity contribution in [3.05, 3.63) is 71.2 Å². The van der Waals surface area contributed by atoms with Crippen LogP contribution in [0.1, 0.15) is 82.2 Å². The fourth-order valence-corrected chi connectivity index (χ4v) is 9.93. The zero-order valence-electron chi connectivity index (χ0n) is 32.9. The summed E-state index contributed by atoms with van der Waals surface area (Å²) in [4.78, 5) is 53.9. The molecule has 1 amide bonds. The molecule has 2 heterocycles. The largest absolute Gasteiger partial charge is 0.459 e. The van der Waals surface area contributed by atoms with E-state index in [-0.39, 0.29) is 47.8 Å². The summed E-state index contributed by atoms with van der Waals surface area (Å²) in [7, 11) is 0. The van der Waals surface area contributed by atoms with Gasteiger partial charge in [0.25, 0.3) is 5.91 Å². The van der Waals surface area contributed by atoms with Crippen LogP contribution in [-0.2, 0) is 28.5 Å². The van der Waals surface area contributed by atoms with Crippen LogP contribution in [0.3, 0.4) is 0 Å². The van der Waals surface area contributed by atoms with Gasteiger partial charge in [0.05, 0.1) is 42.6 Å². The Labute approximate surface area is 329 Å². The monoisotopic (exact) mass is 799 g/mol. The van der Waals surface area contributed by atoms with E-state index in [9.17, 15) is 49.8 Å². The standard InChI is InChI=1S/C41H53NO15/c1-19(2)16-23(42-35(49)24-14-11-15-53-24)28(45)37(51)55-30-20(3)27-29(46)32(47)39(7)25(44)17-26-40(18-54-26,57-21(4)43)31(39)34(41(52,33(30)48)38(27,5)6)56-36(50)22-12-9-8-10-13-22/h8-15,19,23,25-26,28-34,44-48,52H,16-18H2,1-7H3,(H,42,49)/t23-,25-,26+,28+,29+,30+,31-,32+,33-,34-,39+,40-,41+/m0/s1. The molecule has 312 valence electrons. The number of esters is 3. The number of carbonyl (C=O) groups excluding carboxylic acids is 4. The first-order chi connectivity index (χ1) is 26.6. The maximum atomic E-state index is 14.1. The lowest BCUT2D eigenvalue weighted by Gasteiger charge is -2.69. The second-order valence-electron chi connectivity index (χ2n) is 17.0. The lowest BCUT2D eigenvalue weighted by molar-refractivity contribution is -0.370. The highest BCUT2D eigenvalue weighted by atomic mass is 16.6. The van der Waals surface area contributed by atoms with Gasteiger partial charge in [-0.15, -0.1) is 0 Å². The van der Waals surface area contributed by atoms with Crippen molar-refractivity contribution in [1.29, 1.82) is 0 Å². The number of hydrogen-bond donors (Lipinski definition) is 7. The molecule has 57 heavy (non-hydrogen) atoms. The molecule has 2 saturated carbocycles. The van der Waals surface area contributed by atoms with Crippen molar-refractivity contribution in [2.45, 2.75) is 127 Å². The number of furan rings is 1. The average molecular weight is 800 g/mol. The number of amides is 1. The molecule has 2 aromatic rings. The maximum Gasteiger partial charge on any atom is 0.338 e. The maximum absolute atomic E-state index is 14.1. The van der Waals surface area contributed by atoms with Crippen molar-refractivity contribution in [2.24, 2.45) is 22.7 Å². The predicted octanol–water partition coefficient (Wildman–Crippen LogP) is 1.19. The highest BCUT2D eigenvalue weighted by molar-refractivity contribution is 5.92. The smallest absolute Gasteiger partial charge is 0.338 e. The number of aliphatic hydroxyl groups excluding tert-OH is 5. The molecule has 0 unspecified atom stereocenters. The Hall–Kier alpha value is -4.16. The Bertz CT molecular complexity index is 1880. The molecule has 1 aromatic carbocycles. The van der Waals surface area contributed by atoms with Gasteiger partial charge in [-0.3, -0.25) is 9.59 Å². The van der Waals surface area contributed by atoms with E-state index in [0.717, 1.165) is 6.92 Å². The number of rotatable bonds is 10. The van der Waals surface area contributed by atoms with Gasteiger partial charge in [-0.05, 0) is 54.7 Å². The van der Waals surface area contributed by atoms with Crippen LogP contribution >= 0.6 is 0 Å². The summed E-state index contributed by atoms with van der Waals surface area (Å²) in [6.07, 6.45) is -13.3. The topological polar surface area (TPSA) is 252 Å². The second-order valence-corrected chi connectivity index (χ2v) is 17.0. The summed E-state index contributed by atoms with van der Waals surface area (Å²) in [5.74, 6) is -5.64. The molecule has 0 radical (unpaired) electrons. The van der Waals surface area contributed by atoms with Crippen molar-refractivity contribution in [3.8, 4) is 0 Å². The van der Waals surface area contributed by atoms with E-state index in [4.69, 9.17) is 23.4 Å². The fourth-order valence-electron chi connectivity index (χ4n) is 9.93. The quantitative estimate of drug-likeness (QED) is 0.101. The van der Waals surface area contributed by atoms with Crippen LogP contribution in [0.25, 0.3) is 0 Å². The van der Waals surface area contributed by atoms with Crippen LogP contribution in [-0.4, -0.2) is 127 Å². The molecule has 2 bridgehead atoms. The molecule has 16 heteroatoms. The van der Waals surface area contributed by atoms with Gasteiger partial charge in [0.2, 0.25) is 0 Å². The third-order valence-corrected chi connectivity index (χ3v) is 12.9. The molecular weight excluding hydrogens is 746 g/mol. The first-order valence-electron chi connectivity index (χ1n) is 19.1. The second kappa shape index (κ2) is 15.2. The van der Waals surface area contributed by atoms with Gasteiger partial charge in [0.15, 0.2) is 23.6 Å². The Kier molecular flexibility index (Phi) is 11.3. The molecule has 1 saturated heterocycles. The summed E-state index contributed by atoms with van der Waals surface area (Å²) in [5.41, 5.74) is -8.41. The lowest BCUT2D eigenvalue weighted by atomic mass is 9.44. The lowest BCUT2D eigenvalue weighted by Crippen LogP contribution is -2.84. The van der Waals surface area contributed by atoms with Crippen LogP contribution in [0.15, 0.2) is 64.3 Å². The summed E-state index contributed by atoms with van der Waals surface area (Å²) in [6, 6.07) is 9.37. The third kappa shape index (κ3) is 6.68. The Morgan fingerprint density at radius 1 is 0.965 bits per heavy atom. The van der Waals surface area contributed by atoms with Gasteiger partial charge in [0.1, 0.15) is 30.0 Å². The van der Waals surface area contributed by atoms with E-state index in [1.165, 1.54) is 58.2 Å². The van der Waals surface area contributed by atoms with E-state index in [2.05, 4.69) is 5.32 Å². The van der Waals surface area contributed by atoms with Crippen molar-refractivity contribution in [1.82, 2.24) is 5.32 Å². The van der Waals surface area contributed by atoms with E-state index < -0.39 is 107 Å². The van der Waals surface area contributed by atoms with Crippen molar-refractivity contribution >= 4 is 23.8 Å². The number of nitrogens with one attached hydrogen (secondary N) is 1. The predicted molar refractivity (Wildman–Crippen MR) is 197 cm³/mol. The number of fused-ring (bicyclic) bond motifs is 5. The first kappa shape index (κ1) is 42.4. The average Bonchev–Trinajstić information content (AvgIpc) is 3.70. The van der Waals surface area contributed by atoms with Gasteiger partial charge >= 0.3 is 17.9 Å². The zero-order chi connectivity index (χ0) is 42.0. The van der Waals surface area contributed by atoms with Gasteiger partial charge in [-0.1, -0.05) is 52.8 Å². The van der Waals surface area contributed by atoms with Crippen molar-refractivity contribution in [2.75, 3.05) is 6.61 Å². The minimum atomic E-state index is -2.77. The molecule has 3 aliphatic carbocycles. The Morgan fingerprint density at radius 3 is 2.19 bits per heavy atom. The SMILES string of the molecule is CC(=O)O[C@@]12CO[C@@H]1C[C@H](O)[C@@]1(C)[C@H](O)[C@H](O)C3=C(C)[C@@H](OC(=O)[C@H](O)[C@H](CC(C)C)NC(=O)c4ccco4)[C@H](O)[C@@](O)([C@@H](OC(=O)c4ccccc4)[C@H]21)C3(C)C. The van der Waals surface area contributed by atoms with Crippen molar-refractivity contribution in [3.63, 3.8) is 0 Å². The molecule has 13 atom stereocenters. The summed E-state index contributed by atoms with van der Waals surface area (Å²) < 4.78 is 29.0. The van der Waals surface area contributed by atoms with Crippen molar-refractivity contribution < 1.29 is 73.2 Å². The van der Waals surface area contributed by atoms with E-state index in [1.807, 2.05) is 0 Å². The molecular formula is C41H53NO15. The Morgan fingerprint density at radius 2 is 1.63 bits per heavy atom. The van der Waals surface area contributed by atoms with Crippen LogP contribution in [0.4, 0.5) is 0 Å². The molecule has 3 fully saturated rings. The number of benzene rings is 1. The molecule has 0 spiro atoms. The first-order valence-corrected chi connectivity index (χ1v) is 19.1. The number of aliphatic hydroxyl groups is 6. The molecule has 7 N–H and O–H groups in total. The number of carbonyl (C=O) groups is 4. The van der Waals surface area contributed by atoms with E-state index >= 15 is 0 Å². The molecule has 6 rings (SSSR count). The minimum Gasteiger partial charge on any atom is -0.459 e. The normalized spacial score (nSPS) is 36.6. The zero-order valence-corrected chi connectivity index (χ0v) is 32.9. The van der Waals surface area contributed by atoms with Crippen LogP contribution in [0.2, 0.25) is 0 Å². The fraction of sp³-hybridized carbons (Fsp3) is 0.610. The Balaban J connectivity index is 1.51. The molecule has 16 nitrogen and oxygen atoms in total.